The Morgan fingerprint density at radius 3 is 2.04 bits per heavy atom. The van der Waals surface area contributed by atoms with Crippen LogP contribution in [0.1, 0.15) is 27.4 Å². The molecule has 2 aromatic rings. The van der Waals surface area contributed by atoms with Crippen LogP contribution in [-0.2, 0) is 9.47 Å². The molecule has 0 fully saturated rings. The second kappa shape index (κ2) is 7.90. The molecule has 23 heavy (non-hydrogen) atoms. The predicted octanol–water partition coefficient (Wildman–Crippen LogP) is 3.59. The van der Waals surface area contributed by atoms with E-state index in [2.05, 4.69) is 0 Å². The van der Waals surface area contributed by atoms with E-state index in [1.807, 2.05) is 55.5 Å². The molecular weight excluding hydrogens is 292 g/mol. The van der Waals surface area contributed by atoms with Crippen molar-refractivity contribution < 1.29 is 19.0 Å². The Balaban J connectivity index is 2.45. The highest BCUT2D eigenvalue weighted by Gasteiger charge is 2.31. The second-order valence-electron chi connectivity index (χ2n) is 5.27. The Bertz CT molecular complexity index is 645. The average molecular weight is 314 g/mol. The fraction of sp³-hybridized carbons (Fsp3) is 0.316. The van der Waals surface area contributed by atoms with Crippen molar-refractivity contribution in [3.63, 3.8) is 0 Å². The molecule has 0 amide bonds. The van der Waals surface area contributed by atoms with E-state index in [4.69, 9.17) is 14.2 Å². The van der Waals surface area contributed by atoms with Gasteiger partial charge in [-0.3, -0.25) is 4.79 Å². The van der Waals surface area contributed by atoms with Gasteiger partial charge in [-0.1, -0.05) is 36.4 Å². The summed E-state index contributed by atoms with van der Waals surface area (Å²) in [6, 6.07) is 14.9. The Kier molecular flexibility index (Phi) is 5.90. The van der Waals surface area contributed by atoms with Crippen LogP contribution in [0.5, 0.6) is 5.75 Å². The molecule has 0 aliphatic carbocycles. The van der Waals surface area contributed by atoms with Crippen LogP contribution in [-0.4, -0.2) is 33.4 Å². The molecule has 2 rings (SSSR count). The molecule has 0 saturated carbocycles. The first-order chi connectivity index (χ1) is 11.1. The van der Waals surface area contributed by atoms with Crippen molar-refractivity contribution >= 4 is 5.78 Å². The van der Waals surface area contributed by atoms with E-state index in [9.17, 15) is 4.79 Å². The standard InChI is InChI=1S/C19H22O4/c1-13-7-5-6-8-16(13)18(20)17(19(22-3)23-4)14-9-11-15(21-2)12-10-14/h5-12,17,19H,1-4H3. The number of ether oxygens (including phenoxy) is 3. The highest BCUT2D eigenvalue weighted by Crippen LogP contribution is 2.29. The average Bonchev–Trinajstić information content (AvgIpc) is 2.59. The van der Waals surface area contributed by atoms with Crippen LogP contribution in [0.15, 0.2) is 48.5 Å². The number of rotatable bonds is 7. The van der Waals surface area contributed by atoms with Gasteiger partial charge in [0, 0.05) is 19.8 Å². The SMILES string of the molecule is COc1ccc(C(C(=O)c2ccccc2C)C(OC)OC)cc1. The number of ketones is 1. The summed E-state index contributed by atoms with van der Waals surface area (Å²) in [4.78, 5) is 13.1. The minimum atomic E-state index is -0.657. The Hall–Kier alpha value is -2.17. The van der Waals surface area contributed by atoms with Gasteiger partial charge < -0.3 is 14.2 Å². The van der Waals surface area contributed by atoms with E-state index >= 15 is 0 Å². The molecule has 0 N–H and O–H groups in total. The quantitative estimate of drug-likeness (QED) is 0.579. The molecule has 1 unspecified atom stereocenters. The van der Waals surface area contributed by atoms with Gasteiger partial charge in [-0.05, 0) is 30.2 Å². The van der Waals surface area contributed by atoms with E-state index in [-0.39, 0.29) is 5.78 Å². The number of carbonyl (C=O) groups is 1. The lowest BCUT2D eigenvalue weighted by Crippen LogP contribution is -2.30. The summed E-state index contributed by atoms with van der Waals surface area (Å²) in [5, 5.41) is 0. The van der Waals surface area contributed by atoms with Crippen LogP contribution in [0.3, 0.4) is 0 Å². The van der Waals surface area contributed by atoms with Gasteiger partial charge in [0.05, 0.1) is 13.0 Å². The number of carbonyl (C=O) groups excluding carboxylic acids is 1. The predicted molar refractivity (Wildman–Crippen MR) is 89.1 cm³/mol. The summed E-state index contributed by atoms with van der Waals surface area (Å²) in [7, 11) is 4.68. The molecule has 0 radical (unpaired) electrons. The largest absolute Gasteiger partial charge is 0.497 e. The number of hydrogen-bond acceptors (Lipinski definition) is 4. The van der Waals surface area contributed by atoms with Crippen LogP contribution in [0.25, 0.3) is 0 Å². The zero-order chi connectivity index (χ0) is 16.8. The van der Waals surface area contributed by atoms with Crippen molar-refractivity contribution in [2.45, 2.75) is 19.1 Å². The van der Waals surface area contributed by atoms with E-state index in [0.29, 0.717) is 5.56 Å². The van der Waals surface area contributed by atoms with E-state index in [1.165, 1.54) is 14.2 Å². The monoisotopic (exact) mass is 314 g/mol. The molecular formula is C19H22O4. The first kappa shape index (κ1) is 17.2. The zero-order valence-electron chi connectivity index (χ0n) is 13.9. The number of hydrogen-bond donors (Lipinski definition) is 0. The molecule has 0 spiro atoms. The van der Waals surface area contributed by atoms with Crippen LogP contribution in [0.2, 0.25) is 0 Å². The van der Waals surface area contributed by atoms with Crippen LogP contribution >= 0.6 is 0 Å². The van der Waals surface area contributed by atoms with Crippen LogP contribution < -0.4 is 4.74 Å². The molecule has 122 valence electrons. The normalized spacial score (nSPS) is 12.2. The molecule has 0 aromatic heterocycles. The Labute approximate surface area is 137 Å². The minimum Gasteiger partial charge on any atom is -0.497 e. The van der Waals surface area contributed by atoms with Crippen molar-refractivity contribution in [2.75, 3.05) is 21.3 Å². The maximum absolute atomic E-state index is 13.1. The fourth-order valence-electron chi connectivity index (χ4n) is 2.63. The third kappa shape index (κ3) is 3.78. The van der Waals surface area contributed by atoms with Crippen molar-refractivity contribution in [3.8, 4) is 5.75 Å². The first-order valence-corrected chi connectivity index (χ1v) is 7.41. The fourth-order valence-corrected chi connectivity index (χ4v) is 2.63. The van der Waals surface area contributed by atoms with Gasteiger partial charge in [0.1, 0.15) is 5.75 Å². The lowest BCUT2D eigenvalue weighted by Gasteiger charge is -2.25. The lowest BCUT2D eigenvalue weighted by molar-refractivity contribution is -0.110. The number of benzene rings is 2. The van der Waals surface area contributed by atoms with Gasteiger partial charge in [-0.15, -0.1) is 0 Å². The van der Waals surface area contributed by atoms with Gasteiger partial charge in [0.15, 0.2) is 12.1 Å². The van der Waals surface area contributed by atoms with Crippen molar-refractivity contribution in [3.05, 3.63) is 65.2 Å². The summed E-state index contributed by atoms with van der Waals surface area (Å²) < 4.78 is 15.9. The maximum atomic E-state index is 13.1. The number of aryl methyl sites for hydroxylation is 1. The Morgan fingerprint density at radius 2 is 1.52 bits per heavy atom. The first-order valence-electron chi connectivity index (χ1n) is 7.41. The number of methoxy groups -OCH3 is 3. The highest BCUT2D eigenvalue weighted by molar-refractivity contribution is 6.02. The van der Waals surface area contributed by atoms with Gasteiger partial charge in [0.25, 0.3) is 0 Å². The molecule has 0 bridgehead atoms. The highest BCUT2D eigenvalue weighted by atomic mass is 16.7. The van der Waals surface area contributed by atoms with Crippen LogP contribution in [0, 0.1) is 6.92 Å². The lowest BCUT2D eigenvalue weighted by atomic mass is 9.88. The van der Waals surface area contributed by atoms with Crippen LogP contribution in [0.4, 0.5) is 0 Å². The molecule has 0 aliphatic rings. The zero-order valence-corrected chi connectivity index (χ0v) is 13.9. The van der Waals surface area contributed by atoms with Gasteiger partial charge in [-0.2, -0.15) is 0 Å². The molecule has 0 heterocycles. The Morgan fingerprint density at radius 1 is 0.913 bits per heavy atom. The summed E-state index contributed by atoms with van der Waals surface area (Å²) in [5.41, 5.74) is 2.43. The van der Waals surface area contributed by atoms with Crippen molar-refractivity contribution in [1.82, 2.24) is 0 Å². The molecule has 0 aliphatic heterocycles. The van der Waals surface area contributed by atoms with E-state index in [0.717, 1.165) is 16.9 Å². The third-order valence-corrected chi connectivity index (χ3v) is 3.90. The minimum absolute atomic E-state index is 0.0260. The molecule has 0 saturated heterocycles. The molecule has 1 atom stereocenters. The van der Waals surface area contributed by atoms with E-state index in [1.54, 1.807) is 7.11 Å². The summed E-state index contributed by atoms with van der Waals surface area (Å²) in [6.45, 7) is 1.92. The van der Waals surface area contributed by atoms with Crippen molar-refractivity contribution in [2.24, 2.45) is 0 Å². The third-order valence-electron chi connectivity index (χ3n) is 3.90. The summed E-state index contributed by atoms with van der Waals surface area (Å²) in [6.07, 6.45) is -0.657. The summed E-state index contributed by atoms with van der Waals surface area (Å²) in [5.74, 6) is 0.168. The van der Waals surface area contributed by atoms with Gasteiger partial charge in [-0.25, -0.2) is 0 Å². The van der Waals surface area contributed by atoms with Crippen molar-refractivity contribution in [1.29, 1.82) is 0 Å². The molecule has 4 heteroatoms. The molecule has 4 nitrogen and oxygen atoms in total. The topological polar surface area (TPSA) is 44.8 Å². The van der Waals surface area contributed by atoms with E-state index < -0.39 is 12.2 Å². The second-order valence-corrected chi connectivity index (χ2v) is 5.27. The smallest absolute Gasteiger partial charge is 0.175 e. The molecule has 2 aromatic carbocycles. The van der Waals surface area contributed by atoms with Gasteiger partial charge >= 0.3 is 0 Å². The summed E-state index contributed by atoms with van der Waals surface area (Å²) >= 11 is 0. The maximum Gasteiger partial charge on any atom is 0.175 e. The number of Topliss-reactive ketones (excluding diaryl/α,β-unsaturated/α-hetero) is 1. The van der Waals surface area contributed by atoms with Gasteiger partial charge in [0.2, 0.25) is 0 Å².